The molecule has 0 saturated heterocycles. The van der Waals surface area contributed by atoms with Gasteiger partial charge in [-0.25, -0.2) is 4.98 Å². The molecule has 0 saturated carbocycles. The first-order chi connectivity index (χ1) is 13.5. The Bertz CT molecular complexity index is 1010. The number of aromatic nitrogens is 2. The molecule has 0 fully saturated rings. The second-order valence-electron chi connectivity index (χ2n) is 6.76. The highest BCUT2D eigenvalue weighted by Gasteiger charge is 2.12. The van der Waals surface area contributed by atoms with Crippen LogP contribution in [0.1, 0.15) is 35.1 Å². The summed E-state index contributed by atoms with van der Waals surface area (Å²) in [6, 6.07) is 13.2. The van der Waals surface area contributed by atoms with Gasteiger partial charge in [0, 0.05) is 24.2 Å². The Morgan fingerprint density at radius 3 is 2.71 bits per heavy atom. The van der Waals surface area contributed by atoms with E-state index in [9.17, 15) is 9.59 Å². The molecule has 146 valence electrons. The maximum atomic E-state index is 12.3. The molecule has 6 heteroatoms. The number of benzene rings is 2. The Kier molecular flexibility index (Phi) is 6.09. The number of ether oxygens (including phenoxy) is 1. The number of Topliss-reactive ketones (excluding diaryl/α,β-unsaturated/α-hetero) is 1. The Morgan fingerprint density at radius 2 is 1.96 bits per heavy atom. The number of hydrogen-bond acceptors (Lipinski definition) is 4. The maximum absolute atomic E-state index is 12.3. The van der Waals surface area contributed by atoms with E-state index in [1.807, 2.05) is 25.1 Å². The van der Waals surface area contributed by atoms with E-state index in [0.29, 0.717) is 23.4 Å². The molecule has 1 heterocycles. The molecule has 28 heavy (non-hydrogen) atoms. The molecule has 1 amide bonds. The molecular formula is C22H25N3O3. The Hall–Kier alpha value is -3.15. The van der Waals surface area contributed by atoms with Crippen molar-refractivity contribution in [3.63, 3.8) is 0 Å². The molecule has 0 unspecified atom stereocenters. The number of ketones is 1. The van der Waals surface area contributed by atoms with Gasteiger partial charge in [-0.05, 0) is 50.6 Å². The van der Waals surface area contributed by atoms with Crippen molar-refractivity contribution in [2.75, 3.05) is 13.7 Å². The van der Waals surface area contributed by atoms with Gasteiger partial charge in [0.2, 0.25) is 5.91 Å². The molecule has 3 rings (SSSR count). The van der Waals surface area contributed by atoms with Gasteiger partial charge in [0.25, 0.3) is 0 Å². The summed E-state index contributed by atoms with van der Waals surface area (Å²) < 4.78 is 7.48. The summed E-state index contributed by atoms with van der Waals surface area (Å²) in [4.78, 5) is 28.5. The molecule has 6 nitrogen and oxygen atoms in total. The third-order valence-electron chi connectivity index (χ3n) is 4.76. The standard InChI is InChI=1S/C22H25N3O3/c1-15(26)17-9-10-21(28-3)18(13-17)14-22(27)23-11-6-12-25-16(2)24-19-7-4-5-8-20(19)25/h4-5,7-10,13H,6,11-12,14H2,1-3H3,(H,23,27). The Labute approximate surface area is 164 Å². The number of carbonyl (C=O) groups excluding carboxylic acids is 2. The predicted molar refractivity (Wildman–Crippen MR) is 109 cm³/mol. The van der Waals surface area contributed by atoms with Crippen molar-refractivity contribution in [3.05, 3.63) is 59.4 Å². The smallest absolute Gasteiger partial charge is 0.224 e. The van der Waals surface area contributed by atoms with Crippen molar-refractivity contribution in [2.24, 2.45) is 0 Å². The van der Waals surface area contributed by atoms with Crippen molar-refractivity contribution in [2.45, 2.75) is 33.2 Å². The molecule has 0 atom stereocenters. The van der Waals surface area contributed by atoms with Crippen LogP contribution in [-0.2, 0) is 17.8 Å². The predicted octanol–water partition coefficient (Wildman–Crippen LogP) is 3.30. The number of methoxy groups -OCH3 is 1. The van der Waals surface area contributed by atoms with Crippen LogP contribution in [0.25, 0.3) is 11.0 Å². The fourth-order valence-electron chi connectivity index (χ4n) is 3.31. The van der Waals surface area contributed by atoms with Crippen LogP contribution in [0.5, 0.6) is 5.75 Å². The summed E-state index contributed by atoms with van der Waals surface area (Å²) in [5.74, 6) is 1.46. The van der Waals surface area contributed by atoms with Gasteiger partial charge >= 0.3 is 0 Å². The van der Waals surface area contributed by atoms with E-state index < -0.39 is 0 Å². The molecule has 1 aromatic heterocycles. The van der Waals surface area contributed by atoms with Gasteiger partial charge in [-0.2, -0.15) is 0 Å². The van der Waals surface area contributed by atoms with Gasteiger partial charge in [-0.15, -0.1) is 0 Å². The van der Waals surface area contributed by atoms with Crippen LogP contribution < -0.4 is 10.1 Å². The van der Waals surface area contributed by atoms with E-state index in [-0.39, 0.29) is 18.1 Å². The van der Waals surface area contributed by atoms with E-state index in [1.165, 1.54) is 6.92 Å². The fraction of sp³-hybridized carbons (Fsp3) is 0.318. The van der Waals surface area contributed by atoms with Crippen molar-refractivity contribution in [1.29, 1.82) is 0 Å². The third kappa shape index (κ3) is 4.39. The minimum Gasteiger partial charge on any atom is -0.496 e. The van der Waals surface area contributed by atoms with E-state index in [2.05, 4.69) is 20.9 Å². The van der Waals surface area contributed by atoms with E-state index >= 15 is 0 Å². The van der Waals surface area contributed by atoms with Crippen LogP contribution >= 0.6 is 0 Å². The summed E-state index contributed by atoms with van der Waals surface area (Å²) in [6.45, 7) is 4.86. The van der Waals surface area contributed by atoms with Crippen molar-refractivity contribution in [3.8, 4) is 5.75 Å². The first-order valence-corrected chi connectivity index (χ1v) is 9.36. The van der Waals surface area contributed by atoms with Gasteiger partial charge in [-0.1, -0.05) is 12.1 Å². The van der Waals surface area contributed by atoms with Crippen LogP contribution in [0.15, 0.2) is 42.5 Å². The van der Waals surface area contributed by atoms with E-state index in [0.717, 1.165) is 29.8 Å². The SMILES string of the molecule is COc1ccc(C(C)=O)cc1CC(=O)NCCCn1c(C)nc2ccccc21. The zero-order chi connectivity index (χ0) is 20.1. The Balaban J connectivity index is 1.56. The number of hydrogen-bond donors (Lipinski definition) is 1. The van der Waals surface area contributed by atoms with Crippen LogP contribution in [-0.4, -0.2) is 34.9 Å². The summed E-state index contributed by atoms with van der Waals surface area (Å²) in [5.41, 5.74) is 3.38. The molecule has 0 radical (unpaired) electrons. The summed E-state index contributed by atoms with van der Waals surface area (Å²) in [7, 11) is 1.56. The lowest BCUT2D eigenvalue weighted by molar-refractivity contribution is -0.120. The summed E-state index contributed by atoms with van der Waals surface area (Å²) in [6.07, 6.45) is 0.981. The van der Waals surface area contributed by atoms with Crippen LogP contribution in [0.4, 0.5) is 0 Å². The minimum atomic E-state index is -0.0915. The number of nitrogens with one attached hydrogen (secondary N) is 1. The molecule has 0 spiro atoms. The highest BCUT2D eigenvalue weighted by atomic mass is 16.5. The number of imidazole rings is 1. The summed E-state index contributed by atoms with van der Waals surface area (Å²) >= 11 is 0. The van der Waals surface area contributed by atoms with Gasteiger partial charge in [0.15, 0.2) is 5.78 Å². The van der Waals surface area contributed by atoms with Crippen LogP contribution in [0.2, 0.25) is 0 Å². The van der Waals surface area contributed by atoms with E-state index in [1.54, 1.807) is 25.3 Å². The lowest BCUT2D eigenvalue weighted by Gasteiger charge is -2.11. The number of nitrogens with zero attached hydrogens (tertiary/aromatic N) is 2. The number of para-hydroxylation sites is 2. The molecule has 1 N–H and O–H groups in total. The first-order valence-electron chi connectivity index (χ1n) is 9.36. The highest BCUT2D eigenvalue weighted by molar-refractivity contribution is 5.94. The molecule has 0 aliphatic heterocycles. The molecule has 2 aromatic carbocycles. The van der Waals surface area contributed by atoms with Crippen LogP contribution in [0.3, 0.4) is 0 Å². The zero-order valence-electron chi connectivity index (χ0n) is 16.5. The minimum absolute atomic E-state index is 0.0350. The first kappa shape index (κ1) is 19.6. The van der Waals surface area contributed by atoms with Gasteiger partial charge in [0.1, 0.15) is 11.6 Å². The third-order valence-corrected chi connectivity index (χ3v) is 4.76. The van der Waals surface area contributed by atoms with Crippen molar-refractivity contribution < 1.29 is 14.3 Å². The second kappa shape index (κ2) is 8.69. The van der Waals surface area contributed by atoms with Crippen LogP contribution in [0, 0.1) is 6.92 Å². The number of amides is 1. The van der Waals surface area contributed by atoms with Gasteiger partial charge in [-0.3, -0.25) is 9.59 Å². The number of carbonyl (C=O) groups is 2. The number of fused-ring (bicyclic) bond motifs is 1. The normalized spacial score (nSPS) is 10.8. The second-order valence-corrected chi connectivity index (χ2v) is 6.76. The fourth-order valence-corrected chi connectivity index (χ4v) is 3.31. The maximum Gasteiger partial charge on any atom is 0.224 e. The van der Waals surface area contributed by atoms with Gasteiger partial charge in [0.05, 0.1) is 24.6 Å². The highest BCUT2D eigenvalue weighted by Crippen LogP contribution is 2.21. The largest absolute Gasteiger partial charge is 0.496 e. The topological polar surface area (TPSA) is 73.2 Å². The lowest BCUT2D eigenvalue weighted by Crippen LogP contribution is -2.27. The van der Waals surface area contributed by atoms with E-state index in [4.69, 9.17) is 4.74 Å². The lowest BCUT2D eigenvalue weighted by atomic mass is 10.0. The van der Waals surface area contributed by atoms with Crippen molar-refractivity contribution >= 4 is 22.7 Å². The molecule has 3 aromatic rings. The monoisotopic (exact) mass is 379 g/mol. The average molecular weight is 379 g/mol. The number of rotatable bonds is 8. The molecule has 0 aliphatic rings. The molecule has 0 bridgehead atoms. The quantitative estimate of drug-likeness (QED) is 0.481. The Morgan fingerprint density at radius 1 is 1.18 bits per heavy atom. The average Bonchev–Trinajstić information content (AvgIpc) is 3.00. The van der Waals surface area contributed by atoms with Gasteiger partial charge < -0.3 is 14.6 Å². The van der Waals surface area contributed by atoms with Crippen molar-refractivity contribution in [1.82, 2.24) is 14.9 Å². The molecular weight excluding hydrogens is 354 g/mol. The summed E-state index contributed by atoms with van der Waals surface area (Å²) in [5, 5.41) is 2.95. The molecule has 0 aliphatic carbocycles. The zero-order valence-corrected chi connectivity index (χ0v) is 16.5. The number of aryl methyl sites for hydroxylation is 2.